The maximum Gasteiger partial charge on any atom is 0.237 e. The van der Waals surface area contributed by atoms with Crippen molar-refractivity contribution in [3.63, 3.8) is 0 Å². The van der Waals surface area contributed by atoms with Crippen LogP contribution in [0.2, 0.25) is 0 Å². The van der Waals surface area contributed by atoms with Crippen LogP contribution in [0.3, 0.4) is 0 Å². The van der Waals surface area contributed by atoms with Crippen LogP contribution in [-0.2, 0) is 27.7 Å². The molecule has 1 heterocycles. The number of nitrogens with one attached hydrogen (secondary N) is 1. The van der Waals surface area contributed by atoms with Gasteiger partial charge in [-0.1, -0.05) is 37.1 Å². The molecule has 1 atom stereocenters. The Kier molecular flexibility index (Phi) is 8.06. The van der Waals surface area contributed by atoms with Gasteiger partial charge in [-0.25, -0.2) is 8.42 Å². The second-order valence-electron chi connectivity index (χ2n) is 7.25. The average molecular weight is 382 g/mol. The molecule has 1 saturated heterocycles. The number of nitrogens with zero attached hydrogens (tertiary/aromatic N) is 1. The summed E-state index contributed by atoms with van der Waals surface area (Å²) in [5.41, 5.74) is 8.05. The largest absolute Gasteiger partial charge is 0.351 e. The molecule has 7 heteroatoms. The molecular weight excluding hydrogens is 350 g/mol. The van der Waals surface area contributed by atoms with Gasteiger partial charge in [-0.3, -0.25) is 9.69 Å². The minimum atomic E-state index is -3.11. The molecule has 1 amide bonds. The first-order valence-corrected chi connectivity index (χ1v) is 11.4. The molecule has 1 unspecified atom stereocenters. The van der Waals surface area contributed by atoms with Crippen molar-refractivity contribution in [2.75, 3.05) is 25.1 Å². The predicted molar refractivity (Wildman–Crippen MR) is 104 cm³/mol. The van der Waals surface area contributed by atoms with Crippen LogP contribution in [0.15, 0.2) is 24.3 Å². The minimum Gasteiger partial charge on any atom is -0.351 e. The van der Waals surface area contributed by atoms with E-state index in [2.05, 4.69) is 22.3 Å². The molecule has 146 valence electrons. The summed E-state index contributed by atoms with van der Waals surface area (Å²) >= 11 is 0. The maximum atomic E-state index is 12.0. The van der Waals surface area contributed by atoms with Crippen molar-refractivity contribution < 1.29 is 13.2 Å². The first-order valence-electron chi connectivity index (χ1n) is 9.35. The lowest BCUT2D eigenvalue weighted by atomic mass is 10.1. The van der Waals surface area contributed by atoms with Gasteiger partial charge in [-0.2, -0.15) is 0 Å². The Morgan fingerprint density at radius 3 is 2.50 bits per heavy atom. The summed E-state index contributed by atoms with van der Waals surface area (Å²) in [6.45, 7) is 3.64. The molecular formula is C19H31N3O3S. The number of benzene rings is 1. The van der Waals surface area contributed by atoms with Gasteiger partial charge in [-0.15, -0.1) is 0 Å². The molecule has 6 nitrogen and oxygen atoms in total. The Bertz CT molecular complexity index is 683. The van der Waals surface area contributed by atoms with Crippen molar-refractivity contribution in [3.05, 3.63) is 35.4 Å². The summed E-state index contributed by atoms with van der Waals surface area (Å²) in [6, 6.07) is 7.43. The molecule has 0 aromatic heterocycles. The van der Waals surface area contributed by atoms with Crippen LogP contribution < -0.4 is 11.1 Å². The summed E-state index contributed by atoms with van der Waals surface area (Å²) in [5, 5.41) is 2.80. The standard InChI is InChI=1S/C19H31N3O3S/c1-26(24,25)12-9-18(20)19(23)21-14-16-7-6-8-17(13-16)15-22-10-4-2-3-5-11-22/h6-8,13,18H,2-5,9-12,14-15,20H2,1H3,(H,21,23). The Morgan fingerprint density at radius 2 is 1.85 bits per heavy atom. The van der Waals surface area contributed by atoms with Crippen LogP contribution in [-0.4, -0.2) is 50.4 Å². The van der Waals surface area contributed by atoms with Gasteiger partial charge in [0, 0.05) is 19.3 Å². The van der Waals surface area contributed by atoms with E-state index < -0.39 is 15.9 Å². The normalized spacial score (nSPS) is 17.5. The third-order valence-corrected chi connectivity index (χ3v) is 5.68. The number of likely N-dealkylation sites (tertiary alicyclic amines) is 1. The molecule has 0 radical (unpaired) electrons. The van der Waals surface area contributed by atoms with Crippen molar-refractivity contribution in [3.8, 4) is 0 Å². The SMILES string of the molecule is CS(=O)(=O)CCC(N)C(=O)NCc1cccc(CN2CCCCCC2)c1. The molecule has 1 aromatic rings. The molecule has 0 spiro atoms. The number of hydrogen-bond acceptors (Lipinski definition) is 5. The van der Waals surface area contributed by atoms with E-state index in [1.165, 1.54) is 31.2 Å². The van der Waals surface area contributed by atoms with Gasteiger partial charge in [0.1, 0.15) is 9.84 Å². The lowest BCUT2D eigenvalue weighted by molar-refractivity contribution is -0.122. The zero-order valence-corrected chi connectivity index (χ0v) is 16.4. The number of sulfone groups is 1. The molecule has 0 saturated carbocycles. The van der Waals surface area contributed by atoms with Gasteiger partial charge >= 0.3 is 0 Å². The van der Waals surface area contributed by atoms with E-state index in [-0.39, 0.29) is 18.1 Å². The highest BCUT2D eigenvalue weighted by atomic mass is 32.2. The van der Waals surface area contributed by atoms with E-state index in [0.29, 0.717) is 6.54 Å². The highest BCUT2D eigenvalue weighted by molar-refractivity contribution is 7.90. The van der Waals surface area contributed by atoms with Crippen LogP contribution in [0, 0.1) is 0 Å². The summed E-state index contributed by atoms with van der Waals surface area (Å²) in [7, 11) is -3.11. The zero-order chi connectivity index (χ0) is 19.0. The maximum absolute atomic E-state index is 12.0. The molecule has 26 heavy (non-hydrogen) atoms. The molecule has 1 fully saturated rings. The number of hydrogen-bond donors (Lipinski definition) is 2. The molecule has 0 bridgehead atoms. The van der Waals surface area contributed by atoms with Crippen molar-refractivity contribution >= 4 is 15.7 Å². The van der Waals surface area contributed by atoms with E-state index in [4.69, 9.17) is 5.73 Å². The van der Waals surface area contributed by atoms with Crippen LogP contribution >= 0.6 is 0 Å². The fraction of sp³-hybridized carbons (Fsp3) is 0.632. The lowest BCUT2D eigenvalue weighted by Gasteiger charge is -2.20. The third kappa shape index (κ3) is 7.85. The summed E-state index contributed by atoms with van der Waals surface area (Å²) < 4.78 is 22.3. The predicted octanol–water partition coefficient (Wildman–Crippen LogP) is 1.44. The van der Waals surface area contributed by atoms with Crippen molar-refractivity contribution in [2.24, 2.45) is 5.73 Å². The fourth-order valence-corrected chi connectivity index (χ4v) is 3.86. The summed E-state index contributed by atoms with van der Waals surface area (Å²) in [5.74, 6) is -0.390. The van der Waals surface area contributed by atoms with Crippen LogP contribution in [0.1, 0.15) is 43.2 Å². The minimum absolute atomic E-state index is 0.0765. The van der Waals surface area contributed by atoms with Gasteiger partial charge in [0.05, 0.1) is 11.8 Å². The van der Waals surface area contributed by atoms with Crippen LogP contribution in [0.4, 0.5) is 0 Å². The number of carbonyl (C=O) groups excluding carboxylic acids is 1. The molecule has 3 N–H and O–H groups in total. The first-order chi connectivity index (χ1) is 12.3. The molecule has 1 aliphatic heterocycles. The molecule has 1 aliphatic rings. The van der Waals surface area contributed by atoms with E-state index in [0.717, 1.165) is 31.5 Å². The second-order valence-corrected chi connectivity index (χ2v) is 9.51. The van der Waals surface area contributed by atoms with Gasteiger partial charge < -0.3 is 11.1 Å². The van der Waals surface area contributed by atoms with Gasteiger partial charge in [0.25, 0.3) is 0 Å². The van der Waals surface area contributed by atoms with Gasteiger partial charge in [-0.05, 0) is 43.5 Å². The third-order valence-electron chi connectivity index (χ3n) is 4.70. The Labute approximate surface area is 157 Å². The Hall–Kier alpha value is -1.44. The number of carbonyl (C=O) groups is 1. The summed E-state index contributed by atoms with van der Waals surface area (Å²) in [4.78, 5) is 14.5. The lowest BCUT2D eigenvalue weighted by Crippen LogP contribution is -2.41. The van der Waals surface area contributed by atoms with E-state index in [1.807, 2.05) is 12.1 Å². The van der Waals surface area contributed by atoms with Crippen molar-refractivity contribution in [1.29, 1.82) is 0 Å². The number of rotatable bonds is 8. The van der Waals surface area contributed by atoms with Crippen LogP contribution in [0.5, 0.6) is 0 Å². The highest BCUT2D eigenvalue weighted by Crippen LogP contribution is 2.14. The Balaban J connectivity index is 1.82. The first kappa shape index (κ1) is 20.9. The van der Waals surface area contributed by atoms with E-state index >= 15 is 0 Å². The van der Waals surface area contributed by atoms with E-state index in [9.17, 15) is 13.2 Å². The monoisotopic (exact) mass is 381 g/mol. The highest BCUT2D eigenvalue weighted by Gasteiger charge is 2.16. The quantitative estimate of drug-likeness (QED) is 0.711. The van der Waals surface area contributed by atoms with Crippen molar-refractivity contribution in [2.45, 2.75) is 51.2 Å². The number of amides is 1. The zero-order valence-electron chi connectivity index (χ0n) is 15.6. The fourth-order valence-electron chi connectivity index (χ4n) is 3.18. The van der Waals surface area contributed by atoms with Crippen LogP contribution in [0.25, 0.3) is 0 Å². The molecule has 2 rings (SSSR count). The Morgan fingerprint density at radius 1 is 1.19 bits per heavy atom. The molecule has 0 aliphatic carbocycles. The molecule has 1 aromatic carbocycles. The smallest absolute Gasteiger partial charge is 0.237 e. The van der Waals surface area contributed by atoms with Gasteiger partial charge in [0.15, 0.2) is 0 Å². The van der Waals surface area contributed by atoms with Crippen molar-refractivity contribution in [1.82, 2.24) is 10.2 Å². The van der Waals surface area contributed by atoms with E-state index in [1.54, 1.807) is 0 Å². The average Bonchev–Trinajstić information content (AvgIpc) is 2.86. The summed E-state index contributed by atoms with van der Waals surface area (Å²) in [6.07, 6.45) is 6.46. The number of nitrogens with two attached hydrogens (primary N) is 1. The van der Waals surface area contributed by atoms with Gasteiger partial charge in [0.2, 0.25) is 5.91 Å². The topological polar surface area (TPSA) is 92.5 Å². The second kappa shape index (κ2) is 10.0.